The highest BCUT2D eigenvalue weighted by Crippen LogP contribution is 2.26. The summed E-state index contributed by atoms with van der Waals surface area (Å²) in [6.07, 6.45) is 12.1. The van der Waals surface area contributed by atoms with Gasteiger partial charge in [0.2, 0.25) is 23.6 Å². The molecule has 2 aliphatic carbocycles. The van der Waals surface area contributed by atoms with Crippen molar-refractivity contribution in [2.24, 2.45) is 22.0 Å². The van der Waals surface area contributed by atoms with Gasteiger partial charge in [0.05, 0.1) is 11.4 Å². The van der Waals surface area contributed by atoms with Gasteiger partial charge < -0.3 is 10.6 Å². The van der Waals surface area contributed by atoms with Crippen molar-refractivity contribution in [1.82, 2.24) is 10.9 Å². The van der Waals surface area contributed by atoms with Crippen LogP contribution in [0.5, 0.6) is 0 Å². The third-order valence-electron chi connectivity index (χ3n) is 8.80. The first-order valence-corrected chi connectivity index (χ1v) is 16.8. The van der Waals surface area contributed by atoms with Gasteiger partial charge in [-0.3, -0.25) is 19.2 Å². The maximum atomic E-state index is 12.6. The number of anilines is 2. The lowest BCUT2D eigenvalue weighted by Crippen LogP contribution is -2.24. The van der Waals surface area contributed by atoms with E-state index in [2.05, 4.69) is 31.7 Å². The zero-order valence-electron chi connectivity index (χ0n) is 27.2. The van der Waals surface area contributed by atoms with Gasteiger partial charge in [-0.2, -0.15) is 10.2 Å². The van der Waals surface area contributed by atoms with E-state index in [4.69, 9.17) is 0 Å². The van der Waals surface area contributed by atoms with Crippen LogP contribution < -0.4 is 21.5 Å². The van der Waals surface area contributed by atoms with E-state index in [0.717, 1.165) is 73.9 Å². The molecule has 246 valence electrons. The van der Waals surface area contributed by atoms with Crippen LogP contribution >= 0.6 is 0 Å². The third kappa shape index (κ3) is 11.2. The van der Waals surface area contributed by atoms with E-state index in [-0.39, 0.29) is 48.3 Å². The fraction of sp³-hybridized carbons (Fsp3) is 0.500. The summed E-state index contributed by atoms with van der Waals surface area (Å²) in [6.45, 7) is 3.61. The molecule has 4 N–H and O–H groups in total. The topological polar surface area (TPSA) is 141 Å². The molecule has 0 bridgehead atoms. The minimum atomic E-state index is -0.231. The van der Waals surface area contributed by atoms with Gasteiger partial charge in [-0.1, -0.05) is 62.8 Å². The molecule has 0 heterocycles. The highest BCUT2D eigenvalue weighted by molar-refractivity contribution is 6.02. The van der Waals surface area contributed by atoms with Gasteiger partial charge in [0.15, 0.2) is 0 Å². The van der Waals surface area contributed by atoms with Crippen LogP contribution in [0.15, 0.2) is 58.7 Å². The number of hydrogen-bond acceptors (Lipinski definition) is 6. The van der Waals surface area contributed by atoms with Crippen LogP contribution in [-0.4, -0.2) is 35.1 Å². The van der Waals surface area contributed by atoms with Crippen molar-refractivity contribution >= 4 is 46.4 Å². The summed E-state index contributed by atoms with van der Waals surface area (Å²) in [5, 5.41) is 14.5. The van der Waals surface area contributed by atoms with Gasteiger partial charge in [0.25, 0.3) is 0 Å². The van der Waals surface area contributed by atoms with E-state index in [0.29, 0.717) is 24.3 Å². The molecule has 0 aromatic heterocycles. The van der Waals surface area contributed by atoms with Crippen molar-refractivity contribution in [1.29, 1.82) is 0 Å². The molecular formula is C36H48N6O4. The molecule has 10 nitrogen and oxygen atoms in total. The molecule has 2 fully saturated rings. The normalized spacial score (nSPS) is 16.4. The van der Waals surface area contributed by atoms with Crippen LogP contribution in [0.2, 0.25) is 0 Å². The smallest absolute Gasteiger partial charge is 0.240 e. The van der Waals surface area contributed by atoms with Gasteiger partial charge in [-0.15, -0.1) is 0 Å². The highest BCUT2D eigenvalue weighted by Gasteiger charge is 2.22. The van der Waals surface area contributed by atoms with Crippen molar-refractivity contribution in [2.45, 2.75) is 104 Å². The van der Waals surface area contributed by atoms with Crippen molar-refractivity contribution in [3.63, 3.8) is 0 Å². The summed E-state index contributed by atoms with van der Waals surface area (Å²) in [5.41, 5.74) is 9.50. The molecule has 2 aliphatic rings. The second-order valence-electron chi connectivity index (χ2n) is 12.5. The number of carbonyl (C=O) groups excluding carboxylic acids is 4. The highest BCUT2D eigenvalue weighted by atomic mass is 16.2. The molecule has 10 heteroatoms. The number of rotatable bonds is 13. The molecule has 0 aliphatic heterocycles. The Morgan fingerprint density at radius 1 is 0.609 bits per heavy atom. The van der Waals surface area contributed by atoms with Crippen LogP contribution in [0, 0.1) is 11.8 Å². The Kier molecular flexibility index (Phi) is 13.5. The molecule has 2 saturated carbocycles. The Morgan fingerprint density at radius 3 is 1.39 bits per heavy atom. The minimum Gasteiger partial charge on any atom is -0.326 e. The van der Waals surface area contributed by atoms with Crippen LogP contribution in [0.3, 0.4) is 0 Å². The molecule has 2 aromatic carbocycles. The van der Waals surface area contributed by atoms with Gasteiger partial charge in [-0.25, -0.2) is 10.9 Å². The van der Waals surface area contributed by atoms with Crippen LogP contribution in [-0.2, 0) is 19.2 Å². The van der Waals surface area contributed by atoms with Crippen LogP contribution in [0.25, 0.3) is 0 Å². The second-order valence-corrected chi connectivity index (χ2v) is 12.5. The number of hydrazone groups is 2. The maximum absolute atomic E-state index is 12.6. The summed E-state index contributed by atoms with van der Waals surface area (Å²) in [7, 11) is 0. The lowest BCUT2D eigenvalue weighted by atomic mass is 9.88. The predicted octanol–water partition coefficient (Wildman–Crippen LogP) is 6.67. The molecule has 0 radical (unpaired) electrons. The van der Waals surface area contributed by atoms with Gasteiger partial charge in [-0.05, 0) is 87.8 Å². The van der Waals surface area contributed by atoms with Gasteiger partial charge >= 0.3 is 0 Å². The van der Waals surface area contributed by atoms with Gasteiger partial charge in [0, 0.05) is 36.1 Å². The summed E-state index contributed by atoms with van der Waals surface area (Å²) >= 11 is 0. The Balaban J connectivity index is 1.14. The number of amides is 4. The fourth-order valence-corrected chi connectivity index (χ4v) is 5.97. The molecule has 0 atom stereocenters. The second kappa shape index (κ2) is 18.0. The average molecular weight is 629 g/mol. The molecule has 4 rings (SSSR count). The number of nitrogens with one attached hydrogen (secondary N) is 4. The number of benzene rings is 2. The van der Waals surface area contributed by atoms with E-state index < -0.39 is 0 Å². The Morgan fingerprint density at radius 2 is 1.00 bits per heavy atom. The predicted molar refractivity (Wildman–Crippen MR) is 182 cm³/mol. The molecule has 46 heavy (non-hydrogen) atoms. The maximum Gasteiger partial charge on any atom is 0.240 e. The third-order valence-corrected chi connectivity index (χ3v) is 8.80. The van der Waals surface area contributed by atoms with E-state index >= 15 is 0 Å². The van der Waals surface area contributed by atoms with Crippen molar-refractivity contribution in [3.05, 3.63) is 59.7 Å². The number of nitrogens with zero attached hydrogens (tertiary/aromatic N) is 2. The van der Waals surface area contributed by atoms with E-state index in [1.807, 2.05) is 48.5 Å². The minimum absolute atomic E-state index is 0.0664. The van der Waals surface area contributed by atoms with Crippen molar-refractivity contribution in [3.8, 4) is 0 Å². The van der Waals surface area contributed by atoms with Crippen molar-refractivity contribution in [2.75, 3.05) is 10.6 Å². The largest absolute Gasteiger partial charge is 0.326 e. The quantitative estimate of drug-likeness (QED) is 0.112. The standard InChI is InChI=1S/C36H48N6O4/c1-25(29-17-11-19-31(23-29)37-35(45)27-13-5-3-6-14-27)39-41-33(43)21-9-10-22-34(44)42-40-26(2)30-18-12-20-32(24-30)38-36(46)28-15-7-4-8-16-28/h11-12,17-20,23-24,27-28H,3-10,13-16,21-22H2,1-2H3,(H,37,45)(H,38,46)(H,41,43)(H,42,44)/b39-25+,40-26+. The summed E-state index contributed by atoms with van der Waals surface area (Å²) < 4.78 is 0. The molecule has 0 unspecified atom stereocenters. The first kappa shape index (κ1) is 34.5. The van der Waals surface area contributed by atoms with Crippen LogP contribution in [0.4, 0.5) is 11.4 Å². The lowest BCUT2D eigenvalue weighted by molar-refractivity contribution is -0.123. The monoisotopic (exact) mass is 628 g/mol. The van der Waals surface area contributed by atoms with Crippen LogP contribution in [0.1, 0.15) is 115 Å². The Labute approximate surface area is 272 Å². The van der Waals surface area contributed by atoms with E-state index in [1.54, 1.807) is 13.8 Å². The zero-order chi connectivity index (χ0) is 32.7. The number of carbonyl (C=O) groups is 4. The summed E-state index contributed by atoms with van der Waals surface area (Å²) in [4.78, 5) is 49.9. The summed E-state index contributed by atoms with van der Waals surface area (Å²) in [6, 6.07) is 14.9. The van der Waals surface area contributed by atoms with E-state index in [9.17, 15) is 19.2 Å². The Hall–Kier alpha value is -4.34. The van der Waals surface area contributed by atoms with Gasteiger partial charge in [0.1, 0.15) is 0 Å². The SMILES string of the molecule is C/C(=N\NC(=O)CCCCC(=O)N/N=C(\C)c1cccc(NC(=O)C2CCCCC2)c1)c1cccc(NC(=O)C2CCCCC2)c1. The first-order chi connectivity index (χ1) is 22.3. The lowest BCUT2D eigenvalue weighted by Gasteiger charge is -2.20. The zero-order valence-corrected chi connectivity index (χ0v) is 27.2. The molecule has 0 spiro atoms. The van der Waals surface area contributed by atoms with E-state index in [1.165, 1.54) is 12.8 Å². The summed E-state index contributed by atoms with van der Waals surface area (Å²) in [5.74, 6) is -0.182. The molecule has 2 aromatic rings. The molecular weight excluding hydrogens is 580 g/mol. The number of hydrogen-bond donors (Lipinski definition) is 4. The van der Waals surface area contributed by atoms with Crippen molar-refractivity contribution < 1.29 is 19.2 Å². The first-order valence-electron chi connectivity index (χ1n) is 16.8. The number of unbranched alkanes of at least 4 members (excludes halogenated alkanes) is 1. The fourth-order valence-electron chi connectivity index (χ4n) is 5.97. The molecule has 0 saturated heterocycles. The average Bonchev–Trinajstić information content (AvgIpc) is 3.09. The molecule has 4 amide bonds. The Bertz CT molecular complexity index is 1320.